The molecule has 0 aliphatic heterocycles. The maximum absolute atomic E-state index is 12.0. The second-order valence-corrected chi connectivity index (χ2v) is 10.0. The summed E-state index contributed by atoms with van der Waals surface area (Å²) in [4.78, 5) is 12.0. The topological polar surface area (TPSA) is 26.3 Å². The van der Waals surface area contributed by atoms with Crippen molar-refractivity contribution in [1.82, 2.24) is 0 Å². The first-order chi connectivity index (χ1) is 10.1. The molecule has 0 atom stereocenters. The van der Waals surface area contributed by atoms with Crippen LogP contribution in [0.1, 0.15) is 6.92 Å². The summed E-state index contributed by atoms with van der Waals surface area (Å²) in [6, 6.07) is 10.5. The van der Waals surface area contributed by atoms with Crippen molar-refractivity contribution < 1.29 is 9.53 Å². The van der Waals surface area contributed by atoms with Gasteiger partial charge in [-0.05, 0) is 6.92 Å². The van der Waals surface area contributed by atoms with E-state index in [1.165, 1.54) is 10.4 Å². The van der Waals surface area contributed by atoms with Gasteiger partial charge in [0.15, 0.2) is 0 Å². The fourth-order valence-electron chi connectivity index (χ4n) is 2.66. The van der Waals surface area contributed by atoms with Crippen molar-refractivity contribution >= 4 is 19.2 Å². The molecule has 110 valence electrons. The molecule has 0 radical (unpaired) electrons. The van der Waals surface area contributed by atoms with Gasteiger partial charge in [-0.2, -0.15) is 0 Å². The molecule has 1 aliphatic rings. The van der Waals surface area contributed by atoms with Crippen molar-refractivity contribution in [3.63, 3.8) is 0 Å². The Labute approximate surface area is 127 Å². The van der Waals surface area contributed by atoms with Crippen LogP contribution in [0.5, 0.6) is 0 Å². The van der Waals surface area contributed by atoms with Crippen LogP contribution in [-0.4, -0.2) is 20.7 Å². The standard InChI is InChI=1S/C18H22O2Si/c1-4-20-18(19)14-17(15-10-8-9-11-15)21(2,3)16-12-6-5-7-13-16/h5-15H,4H2,1-3H3/b17-14-. The van der Waals surface area contributed by atoms with Crippen molar-refractivity contribution in [2.24, 2.45) is 5.92 Å². The molecule has 0 spiro atoms. The monoisotopic (exact) mass is 298 g/mol. The van der Waals surface area contributed by atoms with Gasteiger partial charge in [-0.3, -0.25) is 0 Å². The highest BCUT2D eigenvalue weighted by Crippen LogP contribution is 2.28. The zero-order valence-corrected chi connectivity index (χ0v) is 13.9. The second-order valence-electron chi connectivity index (χ2n) is 5.64. The van der Waals surface area contributed by atoms with Crippen LogP contribution in [0.3, 0.4) is 0 Å². The van der Waals surface area contributed by atoms with E-state index in [0.717, 1.165) is 0 Å². The molecule has 0 saturated carbocycles. The summed E-state index contributed by atoms with van der Waals surface area (Å²) in [5.41, 5.74) is 0. The van der Waals surface area contributed by atoms with Gasteiger partial charge in [-0.1, -0.05) is 78.1 Å². The Morgan fingerprint density at radius 1 is 1.19 bits per heavy atom. The fourth-order valence-corrected chi connectivity index (χ4v) is 5.53. The summed E-state index contributed by atoms with van der Waals surface area (Å²) in [7, 11) is -1.91. The molecule has 1 aromatic rings. The molecular formula is C18H22O2Si. The fraction of sp³-hybridized carbons (Fsp3) is 0.278. The minimum absolute atomic E-state index is 0.205. The third kappa shape index (κ3) is 3.61. The molecule has 0 amide bonds. The predicted molar refractivity (Wildman–Crippen MR) is 90.0 cm³/mol. The van der Waals surface area contributed by atoms with E-state index in [0.29, 0.717) is 6.61 Å². The zero-order chi connectivity index (χ0) is 15.3. The van der Waals surface area contributed by atoms with Crippen molar-refractivity contribution in [2.45, 2.75) is 20.0 Å². The average Bonchev–Trinajstić information content (AvgIpc) is 2.99. The van der Waals surface area contributed by atoms with Gasteiger partial charge in [0.1, 0.15) is 8.07 Å². The van der Waals surface area contributed by atoms with E-state index in [-0.39, 0.29) is 11.9 Å². The lowest BCUT2D eigenvalue weighted by Gasteiger charge is -2.29. The van der Waals surface area contributed by atoms with E-state index in [4.69, 9.17) is 4.74 Å². The van der Waals surface area contributed by atoms with Gasteiger partial charge < -0.3 is 4.74 Å². The Hall–Kier alpha value is -1.87. The molecule has 0 aromatic heterocycles. The molecule has 2 rings (SSSR count). The molecule has 0 heterocycles. The van der Waals surface area contributed by atoms with E-state index >= 15 is 0 Å². The van der Waals surface area contributed by atoms with Crippen LogP contribution >= 0.6 is 0 Å². The molecule has 1 aliphatic carbocycles. The lowest BCUT2D eigenvalue weighted by Crippen LogP contribution is -2.45. The first-order valence-electron chi connectivity index (χ1n) is 7.35. The van der Waals surface area contributed by atoms with Crippen LogP contribution < -0.4 is 5.19 Å². The van der Waals surface area contributed by atoms with E-state index in [9.17, 15) is 4.79 Å². The average molecular weight is 298 g/mol. The highest BCUT2D eigenvalue weighted by molar-refractivity contribution is 6.96. The van der Waals surface area contributed by atoms with Crippen molar-refractivity contribution in [3.8, 4) is 0 Å². The Kier molecular flexibility index (Phi) is 4.97. The summed E-state index contributed by atoms with van der Waals surface area (Å²) in [5.74, 6) is -0.0333. The minimum atomic E-state index is -1.91. The number of ether oxygens (including phenoxy) is 1. The molecular weight excluding hydrogens is 276 g/mol. The van der Waals surface area contributed by atoms with Crippen molar-refractivity contribution in [2.75, 3.05) is 6.61 Å². The van der Waals surface area contributed by atoms with Gasteiger partial charge in [-0.15, -0.1) is 0 Å². The maximum Gasteiger partial charge on any atom is 0.330 e. The Morgan fingerprint density at radius 2 is 1.81 bits per heavy atom. The number of allylic oxidation sites excluding steroid dienone is 5. The highest BCUT2D eigenvalue weighted by atomic mass is 28.3. The van der Waals surface area contributed by atoms with Crippen molar-refractivity contribution in [3.05, 3.63) is 65.9 Å². The van der Waals surface area contributed by atoms with Gasteiger partial charge in [0, 0.05) is 12.0 Å². The van der Waals surface area contributed by atoms with Crippen molar-refractivity contribution in [1.29, 1.82) is 0 Å². The van der Waals surface area contributed by atoms with Gasteiger partial charge in [0.2, 0.25) is 0 Å². The number of hydrogen-bond donors (Lipinski definition) is 0. The molecule has 2 nitrogen and oxygen atoms in total. The summed E-state index contributed by atoms with van der Waals surface area (Å²) in [6.07, 6.45) is 10.1. The second kappa shape index (κ2) is 6.72. The quantitative estimate of drug-likeness (QED) is 0.473. The molecule has 0 saturated heterocycles. The minimum Gasteiger partial charge on any atom is -0.463 e. The first kappa shape index (κ1) is 15.5. The molecule has 3 heteroatoms. The molecule has 0 N–H and O–H groups in total. The van der Waals surface area contributed by atoms with Crippen LogP contribution in [0, 0.1) is 5.92 Å². The molecule has 0 bridgehead atoms. The van der Waals surface area contributed by atoms with Crippen LogP contribution in [0.25, 0.3) is 0 Å². The van der Waals surface area contributed by atoms with Crippen LogP contribution in [0.15, 0.2) is 65.9 Å². The van der Waals surface area contributed by atoms with Gasteiger partial charge >= 0.3 is 5.97 Å². The molecule has 1 aromatic carbocycles. The number of hydrogen-bond acceptors (Lipinski definition) is 2. The van der Waals surface area contributed by atoms with E-state index in [2.05, 4.69) is 49.5 Å². The lowest BCUT2D eigenvalue weighted by atomic mass is 10.1. The lowest BCUT2D eigenvalue weighted by molar-refractivity contribution is -0.137. The number of carbonyl (C=O) groups excluding carboxylic acids is 1. The largest absolute Gasteiger partial charge is 0.463 e. The number of rotatable bonds is 5. The number of carbonyl (C=O) groups is 1. The normalized spacial score (nSPS) is 15.5. The predicted octanol–water partition coefficient (Wildman–Crippen LogP) is 3.37. The summed E-state index contributed by atoms with van der Waals surface area (Å²) in [6.45, 7) is 6.81. The molecule has 21 heavy (non-hydrogen) atoms. The Bertz CT molecular complexity index is 570. The van der Waals surface area contributed by atoms with E-state index in [1.54, 1.807) is 6.08 Å². The number of esters is 1. The smallest absolute Gasteiger partial charge is 0.330 e. The summed E-state index contributed by atoms with van der Waals surface area (Å²) >= 11 is 0. The third-order valence-corrected chi connectivity index (χ3v) is 7.58. The van der Waals surface area contributed by atoms with Gasteiger partial charge in [-0.25, -0.2) is 4.79 Å². The van der Waals surface area contributed by atoms with Crippen LogP contribution in [-0.2, 0) is 9.53 Å². The van der Waals surface area contributed by atoms with Crippen LogP contribution in [0.4, 0.5) is 0 Å². The van der Waals surface area contributed by atoms with Crippen LogP contribution in [0.2, 0.25) is 13.1 Å². The van der Waals surface area contributed by atoms with Gasteiger partial charge in [0.25, 0.3) is 0 Å². The van der Waals surface area contributed by atoms with E-state index < -0.39 is 8.07 Å². The van der Waals surface area contributed by atoms with Gasteiger partial charge in [0.05, 0.1) is 6.61 Å². The Morgan fingerprint density at radius 3 is 2.38 bits per heavy atom. The third-order valence-electron chi connectivity index (χ3n) is 3.88. The SMILES string of the molecule is CCOC(=O)/C=C(/C1C=CC=C1)[Si](C)(C)c1ccccc1. The van der Waals surface area contributed by atoms with E-state index in [1.807, 2.05) is 25.1 Å². The first-order valence-corrected chi connectivity index (χ1v) is 10.3. The maximum atomic E-state index is 12.0. The molecule has 0 fully saturated rings. The summed E-state index contributed by atoms with van der Waals surface area (Å²) < 4.78 is 5.12. The number of benzene rings is 1. The highest BCUT2D eigenvalue weighted by Gasteiger charge is 2.32. The zero-order valence-electron chi connectivity index (χ0n) is 12.9. The molecule has 0 unspecified atom stereocenters. The summed E-state index contributed by atoms with van der Waals surface area (Å²) in [5, 5.41) is 2.52. The Balaban J connectivity index is 2.41.